The zero-order valence-corrected chi connectivity index (χ0v) is 10.9. The average Bonchev–Trinajstić information content (AvgIpc) is 2.37. The summed E-state index contributed by atoms with van der Waals surface area (Å²) in [5.41, 5.74) is 1.04. The predicted molar refractivity (Wildman–Crippen MR) is 73.3 cm³/mol. The molecule has 0 aliphatic rings. The molecule has 17 heavy (non-hydrogen) atoms. The standard InChI is InChI=1S/C14H18O2S/c1-13(8-9-16-11-10-15-2)12-17-14-6-4-3-5-7-14/h3-9H,1,10-12H2,2H3/b9-8+. The molecule has 0 radical (unpaired) electrons. The fraction of sp³-hybridized carbons (Fsp3) is 0.286. The lowest BCUT2D eigenvalue weighted by atomic mass is 10.3. The highest BCUT2D eigenvalue weighted by Crippen LogP contribution is 2.19. The Bertz CT molecular complexity index is 346. The Balaban J connectivity index is 2.17. The summed E-state index contributed by atoms with van der Waals surface area (Å²) >= 11 is 1.77. The van der Waals surface area contributed by atoms with Crippen molar-refractivity contribution >= 4 is 11.8 Å². The van der Waals surface area contributed by atoms with Gasteiger partial charge in [-0.25, -0.2) is 0 Å². The summed E-state index contributed by atoms with van der Waals surface area (Å²) in [5, 5.41) is 0. The van der Waals surface area contributed by atoms with Gasteiger partial charge in [-0.3, -0.25) is 0 Å². The third kappa shape index (κ3) is 6.87. The van der Waals surface area contributed by atoms with Crippen molar-refractivity contribution < 1.29 is 9.47 Å². The van der Waals surface area contributed by atoms with Crippen LogP contribution in [0.4, 0.5) is 0 Å². The molecule has 3 heteroatoms. The van der Waals surface area contributed by atoms with Gasteiger partial charge < -0.3 is 9.47 Å². The molecule has 92 valence electrons. The SMILES string of the molecule is C=C(/C=C/OCCOC)CSc1ccccc1. The maximum atomic E-state index is 5.22. The van der Waals surface area contributed by atoms with Gasteiger partial charge in [-0.2, -0.15) is 0 Å². The highest BCUT2D eigenvalue weighted by molar-refractivity contribution is 7.99. The van der Waals surface area contributed by atoms with Crippen molar-refractivity contribution in [1.29, 1.82) is 0 Å². The van der Waals surface area contributed by atoms with Gasteiger partial charge in [0.05, 0.1) is 12.9 Å². The normalized spacial score (nSPS) is 10.6. The molecule has 0 heterocycles. The summed E-state index contributed by atoms with van der Waals surface area (Å²) in [6, 6.07) is 10.3. The summed E-state index contributed by atoms with van der Waals surface area (Å²) < 4.78 is 10.1. The zero-order chi connectivity index (χ0) is 12.3. The van der Waals surface area contributed by atoms with Crippen LogP contribution in [-0.2, 0) is 9.47 Å². The van der Waals surface area contributed by atoms with Gasteiger partial charge >= 0.3 is 0 Å². The van der Waals surface area contributed by atoms with Crippen LogP contribution in [-0.4, -0.2) is 26.1 Å². The molecule has 0 atom stereocenters. The zero-order valence-electron chi connectivity index (χ0n) is 10.1. The second kappa shape index (κ2) is 8.90. The Morgan fingerprint density at radius 1 is 1.29 bits per heavy atom. The lowest BCUT2D eigenvalue weighted by Crippen LogP contribution is -1.96. The number of hydrogen-bond acceptors (Lipinski definition) is 3. The first-order valence-electron chi connectivity index (χ1n) is 5.45. The molecule has 0 saturated heterocycles. The van der Waals surface area contributed by atoms with Gasteiger partial charge in [0.1, 0.15) is 6.61 Å². The summed E-state index contributed by atoms with van der Waals surface area (Å²) in [6.07, 6.45) is 3.57. The number of ether oxygens (including phenoxy) is 2. The van der Waals surface area contributed by atoms with E-state index in [2.05, 4.69) is 18.7 Å². The molecule has 0 unspecified atom stereocenters. The molecule has 0 aliphatic heterocycles. The van der Waals surface area contributed by atoms with E-state index in [1.165, 1.54) is 4.90 Å². The summed E-state index contributed by atoms with van der Waals surface area (Å²) in [5.74, 6) is 0.869. The second-order valence-electron chi connectivity index (χ2n) is 3.43. The van der Waals surface area contributed by atoms with Crippen molar-refractivity contribution in [1.82, 2.24) is 0 Å². The maximum Gasteiger partial charge on any atom is 0.111 e. The Kier molecular flexibility index (Phi) is 7.27. The van der Waals surface area contributed by atoms with E-state index in [0.29, 0.717) is 13.2 Å². The van der Waals surface area contributed by atoms with Gasteiger partial charge in [0.2, 0.25) is 0 Å². The van der Waals surface area contributed by atoms with E-state index >= 15 is 0 Å². The smallest absolute Gasteiger partial charge is 0.111 e. The molecule has 0 fully saturated rings. The quantitative estimate of drug-likeness (QED) is 0.304. The van der Waals surface area contributed by atoms with E-state index in [1.54, 1.807) is 25.1 Å². The first-order chi connectivity index (χ1) is 8.33. The minimum Gasteiger partial charge on any atom is -0.499 e. The predicted octanol–water partition coefficient (Wildman–Crippen LogP) is 3.51. The molecule has 0 amide bonds. The summed E-state index contributed by atoms with van der Waals surface area (Å²) in [7, 11) is 1.66. The first-order valence-corrected chi connectivity index (χ1v) is 6.44. The molecule has 0 aromatic heterocycles. The van der Waals surface area contributed by atoms with Crippen LogP contribution >= 0.6 is 11.8 Å². The number of rotatable bonds is 8. The molecule has 1 rings (SSSR count). The van der Waals surface area contributed by atoms with Crippen LogP contribution in [0.25, 0.3) is 0 Å². The van der Waals surface area contributed by atoms with Crippen LogP contribution in [0.2, 0.25) is 0 Å². The van der Waals surface area contributed by atoms with Crippen LogP contribution in [0.15, 0.2) is 59.7 Å². The first kappa shape index (κ1) is 13.9. The van der Waals surface area contributed by atoms with Gasteiger partial charge in [0.25, 0.3) is 0 Å². The fourth-order valence-electron chi connectivity index (χ4n) is 1.08. The molecule has 1 aromatic rings. The molecule has 2 nitrogen and oxygen atoms in total. The molecular formula is C14H18O2S. The lowest BCUT2D eigenvalue weighted by molar-refractivity contribution is 0.123. The van der Waals surface area contributed by atoms with Crippen molar-refractivity contribution in [3.8, 4) is 0 Å². The number of allylic oxidation sites excluding steroid dienone is 1. The Labute approximate surface area is 107 Å². The third-order valence-electron chi connectivity index (χ3n) is 1.97. The molecular weight excluding hydrogens is 232 g/mol. The lowest BCUT2D eigenvalue weighted by Gasteiger charge is -2.02. The monoisotopic (exact) mass is 250 g/mol. The topological polar surface area (TPSA) is 18.5 Å². The van der Waals surface area contributed by atoms with Crippen LogP contribution < -0.4 is 0 Å². The highest BCUT2D eigenvalue weighted by atomic mass is 32.2. The molecule has 0 spiro atoms. The van der Waals surface area contributed by atoms with Crippen molar-refractivity contribution in [2.75, 3.05) is 26.1 Å². The minimum atomic E-state index is 0.576. The number of benzene rings is 1. The van der Waals surface area contributed by atoms with Crippen molar-refractivity contribution in [2.45, 2.75) is 4.90 Å². The number of thioether (sulfide) groups is 1. The average molecular weight is 250 g/mol. The minimum absolute atomic E-state index is 0.576. The Hall–Kier alpha value is -1.19. The van der Waals surface area contributed by atoms with E-state index in [9.17, 15) is 0 Å². The highest BCUT2D eigenvalue weighted by Gasteiger charge is 1.93. The summed E-state index contributed by atoms with van der Waals surface area (Å²) in [4.78, 5) is 1.25. The number of methoxy groups -OCH3 is 1. The van der Waals surface area contributed by atoms with E-state index in [-0.39, 0.29) is 0 Å². The number of hydrogen-bond donors (Lipinski definition) is 0. The van der Waals surface area contributed by atoms with E-state index in [1.807, 2.05) is 24.3 Å². The molecule has 0 bridgehead atoms. The maximum absolute atomic E-state index is 5.22. The molecule has 0 N–H and O–H groups in total. The van der Waals surface area contributed by atoms with Crippen molar-refractivity contribution in [3.05, 3.63) is 54.8 Å². The fourth-order valence-corrected chi connectivity index (χ4v) is 1.88. The Morgan fingerprint density at radius 3 is 2.76 bits per heavy atom. The van der Waals surface area contributed by atoms with Crippen LogP contribution in [0.1, 0.15) is 0 Å². The van der Waals surface area contributed by atoms with Gasteiger partial charge in [0.15, 0.2) is 0 Å². The Morgan fingerprint density at radius 2 is 2.06 bits per heavy atom. The van der Waals surface area contributed by atoms with Crippen molar-refractivity contribution in [2.24, 2.45) is 0 Å². The summed E-state index contributed by atoms with van der Waals surface area (Å²) in [6.45, 7) is 5.15. The van der Waals surface area contributed by atoms with E-state index in [0.717, 1.165) is 11.3 Å². The van der Waals surface area contributed by atoms with Gasteiger partial charge in [-0.05, 0) is 23.8 Å². The third-order valence-corrected chi connectivity index (χ3v) is 3.09. The van der Waals surface area contributed by atoms with Crippen molar-refractivity contribution in [3.63, 3.8) is 0 Å². The second-order valence-corrected chi connectivity index (χ2v) is 4.48. The van der Waals surface area contributed by atoms with Crippen LogP contribution in [0, 0.1) is 0 Å². The van der Waals surface area contributed by atoms with Crippen LogP contribution in [0.3, 0.4) is 0 Å². The largest absolute Gasteiger partial charge is 0.499 e. The van der Waals surface area contributed by atoms with E-state index < -0.39 is 0 Å². The molecule has 0 aliphatic carbocycles. The van der Waals surface area contributed by atoms with Gasteiger partial charge in [-0.15, -0.1) is 11.8 Å². The molecule has 0 saturated carbocycles. The molecule has 1 aromatic carbocycles. The van der Waals surface area contributed by atoms with Gasteiger partial charge in [-0.1, -0.05) is 24.8 Å². The van der Waals surface area contributed by atoms with Gasteiger partial charge in [0, 0.05) is 17.8 Å². The van der Waals surface area contributed by atoms with E-state index in [4.69, 9.17) is 9.47 Å². The van der Waals surface area contributed by atoms with Crippen LogP contribution in [0.5, 0.6) is 0 Å².